The van der Waals surface area contributed by atoms with Crippen LogP contribution in [0.4, 0.5) is 0 Å². The molecule has 1 fully saturated rings. The van der Waals surface area contributed by atoms with Crippen molar-refractivity contribution in [3.05, 3.63) is 50.6 Å². The van der Waals surface area contributed by atoms with Crippen LogP contribution in [0.25, 0.3) is 0 Å². The zero-order valence-electron chi connectivity index (χ0n) is 12.8. The fourth-order valence-electron chi connectivity index (χ4n) is 2.66. The Bertz CT molecular complexity index is 788. The van der Waals surface area contributed by atoms with Crippen molar-refractivity contribution < 1.29 is 13.2 Å². The van der Waals surface area contributed by atoms with E-state index in [0.717, 1.165) is 17.7 Å². The molecule has 2 heterocycles. The summed E-state index contributed by atoms with van der Waals surface area (Å²) >= 11 is 13.7. The summed E-state index contributed by atoms with van der Waals surface area (Å²) in [5, 5.41) is 2.21. The highest BCUT2D eigenvalue weighted by Gasteiger charge is 2.31. The van der Waals surface area contributed by atoms with Gasteiger partial charge in [-0.05, 0) is 36.4 Å². The van der Waals surface area contributed by atoms with Gasteiger partial charge >= 0.3 is 0 Å². The van der Waals surface area contributed by atoms with Gasteiger partial charge in [0.05, 0.1) is 16.1 Å². The predicted octanol–water partition coefficient (Wildman–Crippen LogP) is 4.42. The molecule has 0 aliphatic carbocycles. The van der Waals surface area contributed by atoms with Gasteiger partial charge in [0, 0.05) is 24.6 Å². The Kier molecular flexibility index (Phi) is 5.85. The fraction of sp³-hybridized carbons (Fsp3) is 0.375. The molecule has 0 N–H and O–H groups in total. The Hall–Kier alpha value is -0.630. The monoisotopic (exact) mass is 405 g/mol. The second-order valence-corrected chi connectivity index (χ2v) is 9.29. The first-order valence-electron chi connectivity index (χ1n) is 7.56. The molecular weight excluding hydrogens is 389 g/mol. The van der Waals surface area contributed by atoms with E-state index < -0.39 is 10.0 Å². The third-order valence-corrected chi connectivity index (χ3v) is 7.52. The second kappa shape index (κ2) is 7.72. The molecule has 0 saturated carbocycles. The van der Waals surface area contributed by atoms with E-state index in [0.29, 0.717) is 19.7 Å². The first-order chi connectivity index (χ1) is 11.5. The normalized spacial score (nSPS) is 18.4. The zero-order valence-corrected chi connectivity index (χ0v) is 16.0. The SMILES string of the molecule is O=S(=O)(c1cccc(Cl)c1Cl)N(Cc1cccs1)C[C@@H]1CCCO1. The van der Waals surface area contributed by atoms with E-state index in [1.54, 1.807) is 12.1 Å². The molecule has 2 aromatic rings. The molecule has 0 unspecified atom stereocenters. The van der Waals surface area contributed by atoms with E-state index in [1.807, 2.05) is 17.5 Å². The Morgan fingerprint density at radius 2 is 2.08 bits per heavy atom. The van der Waals surface area contributed by atoms with Gasteiger partial charge in [0.15, 0.2) is 0 Å². The van der Waals surface area contributed by atoms with Crippen LogP contribution >= 0.6 is 34.5 Å². The van der Waals surface area contributed by atoms with Crippen LogP contribution in [0.2, 0.25) is 10.0 Å². The van der Waals surface area contributed by atoms with Gasteiger partial charge in [0.2, 0.25) is 10.0 Å². The van der Waals surface area contributed by atoms with E-state index in [-0.39, 0.29) is 21.0 Å². The van der Waals surface area contributed by atoms with Gasteiger partial charge < -0.3 is 4.74 Å². The van der Waals surface area contributed by atoms with Gasteiger partial charge in [-0.25, -0.2) is 8.42 Å². The minimum atomic E-state index is -3.77. The minimum Gasteiger partial charge on any atom is -0.377 e. The molecule has 0 amide bonds. The molecule has 1 saturated heterocycles. The molecule has 1 aromatic heterocycles. The maximum atomic E-state index is 13.2. The van der Waals surface area contributed by atoms with Crippen molar-refractivity contribution >= 4 is 44.6 Å². The van der Waals surface area contributed by atoms with E-state index in [4.69, 9.17) is 27.9 Å². The highest BCUT2D eigenvalue weighted by atomic mass is 35.5. The Balaban J connectivity index is 1.94. The van der Waals surface area contributed by atoms with Crippen molar-refractivity contribution in [2.24, 2.45) is 0 Å². The van der Waals surface area contributed by atoms with Crippen molar-refractivity contribution in [1.29, 1.82) is 0 Å². The maximum Gasteiger partial charge on any atom is 0.245 e. The smallest absolute Gasteiger partial charge is 0.245 e. The molecular formula is C16H17Cl2NO3S2. The maximum absolute atomic E-state index is 13.2. The molecule has 3 rings (SSSR count). The lowest BCUT2D eigenvalue weighted by Crippen LogP contribution is -2.36. The van der Waals surface area contributed by atoms with E-state index in [2.05, 4.69) is 0 Å². The van der Waals surface area contributed by atoms with Crippen LogP contribution in [-0.4, -0.2) is 32.0 Å². The summed E-state index contributed by atoms with van der Waals surface area (Å²) in [6.45, 7) is 1.28. The van der Waals surface area contributed by atoms with Crippen LogP contribution in [0, 0.1) is 0 Å². The zero-order chi connectivity index (χ0) is 17.2. The average molecular weight is 406 g/mol. The quantitative estimate of drug-likeness (QED) is 0.713. The number of hydrogen-bond donors (Lipinski definition) is 0. The predicted molar refractivity (Wildman–Crippen MR) is 97.4 cm³/mol. The largest absolute Gasteiger partial charge is 0.377 e. The summed E-state index contributed by atoms with van der Waals surface area (Å²) in [4.78, 5) is 1.00. The highest BCUT2D eigenvalue weighted by molar-refractivity contribution is 7.89. The number of hydrogen-bond acceptors (Lipinski definition) is 4. The summed E-state index contributed by atoms with van der Waals surface area (Å²) in [5.41, 5.74) is 0. The molecule has 4 nitrogen and oxygen atoms in total. The van der Waals surface area contributed by atoms with Crippen molar-refractivity contribution in [3.8, 4) is 0 Å². The van der Waals surface area contributed by atoms with Crippen LogP contribution in [-0.2, 0) is 21.3 Å². The number of sulfonamides is 1. The van der Waals surface area contributed by atoms with Crippen LogP contribution in [0.15, 0.2) is 40.6 Å². The third kappa shape index (κ3) is 3.95. The topological polar surface area (TPSA) is 46.6 Å². The van der Waals surface area contributed by atoms with Crippen molar-refractivity contribution in [1.82, 2.24) is 4.31 Å². The van der Waals surface area contributed by atoms with E-state index in [1.165, 1.54) is 21.7 Å². The summed E-state index contributed by atoms with van der Waals surface area (Å²) in [5.74, 6) is 0. The third-order valence-electron chi connectivity index (χ3n) is 3.88. The molecule has 0 bridgehead atoms. The van der Waals surface area contributed by atoms with Gasteiger partial charge in [-0.15, -0.1) is 11.3 Å². The number of benzene rings is 1. The van der Waals surface area contributed by atoms with Gasteiger partial charge in [0.25, 0.3) is 0 Å². The average Bonchev–Trinajstić information content (AvgIpc) is 3.23. The van der Waals surface area contributed by atoms with Gasteiger partial charge in [-0.2, -0.15) is 4.31 Å². The summed E-state index contributed by atoms with van der Waals surface area (Å²) in [6.07, 6.45) is 1.73. The minimum absolute atomic E-state index is 0.0335. The number of rotatable bonds is 6. The number of nitrogens with zero attached hydrogens (tertiary/aromatic N) is 1. The standard InChI is InChI=1S/C16H17Cl2NO3S2/c17-14-6-1-7-15(16(14)18)24(20,21)19(10-12-4-2-8-22-12)11-13-5-3-9-23-13/h1,3,5-7,9,12H,2,4,8,10-11H2/t12-/m0/s1. The summed E-state index contributed by atoms with van der Waals surface area (Å²) < 4.78 is 33.4. The van der Waals surface area contributed by atoms with Crippen molar-refractivity contribution in [2.75, 3.05) is 13.2 Å². The summed E-state index contributed by atoms with van der Waals surface area (Å²) in [6, 6.07) is 8.48. The Morgan fingerprint density at radius 1 is 1.25 bits per heavy atom. The van der Waals surface area contributed by atoms with Crippen LogP contribution in [0.1, 0.15) is 17.7 Å². The number of ether oxygens (including phenoxy) is 1. The van der Waals surface area contributed by atoms with Crippen LogP contribution in [0.5, 0.6) is 0 Å². The Morgan fingerprint density at radius 3 is 2.75 bits per heavy atom. The molecule has 1 atom stereocenters. The lowest BCUT2D eigenvalue weighted by Gasteiger charge is -2.25. The van der Waals surface area contributed by atoms with Crippen molar-refractivity contribution in [3.63, 3.8) is 0 Å². The van der Waals surface area contributed by atoms with Crippen LogP contribution < -0.4 is 0 Å². The lowest BCUT2D eigenvalue weighted by molar-refractivity contribution is 0.0927. The fourth-order valence-corrected chi connectivity index (χ4v) is 5.65. The highest BCUT2D eigenvalue weighted by Crippen LogP contribution is 2.32. The molecule has 0 spiro atoms. The molecule has 1 aromatic carbocycles. The first kappa shape index (κ1) is 18.2. The molecule has 1 aliphatic rings. The molecule has 8 heteroatoms. The van der Waals surface area contributed by atoms with E-state index >= 15 is 0 Å². The van der Waals surface area contributed by atoms with Gasteiger partial charge in [0.1, 0.15) is 4.90 Å². The Labute approximate surface area is 156 Å². The van der Waals surface area contributed by atoms with Crippen molar-refractivity contribution in [2.45, 2.75) is 30.4 Å². The van der Waals surface area contributed by atoms with Gasteiger partial charge in [-0.3, -0.25) is 0 Å². The molecule has 24 heavy (non-hydrogen) atoms. The molecule has 0 radical (unpaired) electrons. The molecule has 1 aliphatic heterocycles. The van der Waals surface area contributed by atoms with Crippen LogP contribution in [0.3, 0.4) is 0 Å². The lowest BCUT2D eigenvalue weighted by atomic mass is 10.2. The van der Waals surface area contributed by atoms with E-state index in [9.17, 15) is 8.42 Å². The number of halogens is 2. The van der Waals surface area contributed by atoms with Gasteiger partial charge in [-0.1, -0.05) is 35.3 Å². The number of thiophene rings is 1. The second-order valence-electron chi connectivity index (χ2n) is 5.56. The molecule has 130 valence electrons. The summed E-state index contributed by atoms with van der Waals surface area (Å²) in [7, 11) is -3.77. The first-order valence-corrected chi connectivity index (χ1v) is 10.6.